The molecule has 0 bridgehead atoms. The average Bonchev–Trinajstić information content (AvgIpc) is 2.94. The van der Waals surface area contributed by atoms with E-state index in [9.17, 15) is 0 Å². The van der Waals surface area contributed by atoms with E-state index in [0.717, 1.165) is 0 Å². The molecule has 0 spiro atoms. The molecule has 92 valence electrons. The molecule has 0 radical (unpaired) electrons. The Hall–Kier alpha value is -1.02. The molecule has 2 saturated heterocycles. The number of nitrogens with zero attached hydrogens (tertiary/aromatic N) is 1. The van der Waals surface area contributed by atoms with Crippen molar-refractivity contribution in [3.8, 4) is 0 Å². The highest BCUT2D eigenvalue weighted by molar-refractivity contribution is 5.48. The van der Waals surface area contributed by atoms with Crippen LogP contribution >= 0.6 is 0 Å². The van der Waals surface area contributed by atoms with E-state index in [1.807, 2.05) is 0 Å². The van der Waals surface area contributed by atoms with Crippen LogP contribution in [0.3, 0.4) is 0 Å². The third-order valence-corrected chi connectivity index (χ3v) is 4.08. The van der Waals surface area contributed by atoms with Crippen LogP contribution in [0, 0.1) is 0 Å². The number of rotatable bonds is 2. The van der Waals surface area contributed by atoms with Gasteiger partial charge in [-0.2, -0.15) is 0 Å². The summed E-state index contributed by atoms with van der Waals surface area (Å²) in [5.41, 5.74) is 2.87. The van der Waals surface area contributed by atoms with Gasteiger partial charge in [0.2, 0.25) is 0 Å². The van der Waals surface area contributed by atoms with Crippen molar-refractivity contribution in [1.29, 1.82) is 0 Å². The van der Waals surface area contributed by atoms with E-state index in [1.165, 1.54) is 63.0 Å². The zero-order chi connectivity index (χ0) is 11.5. The third kappa shape index (κ3) is 2.47. The summed E-state index contributed by atoms with van der Waals surface area (Å²) in [4.78, 5) is 2.50. The lowest BCUT2D eigenvalue weighted by Gasteiger charge is -2.25. The van der Waals surface area contributed by atoms with Gasteiger partial charge in [0.1, 0.15) is 0 Å². The Kier molecular flexibility index (Phi) is 3.32. The largest absolute Gasteiger partial charge is 0.372 e. The minimum Gasteiger partial charge on any atom is -0.372 e. The standard InChI is InChI=1S/C15H22N2/c1-2-10-16-15(5-1)13-6-8-14(9-7-13)17-11-3-4-12-17/h6-9,15-16H,1-5,10-12H2/t15-/m0/s1. The van der Waals surface area contributed by atoms with Crippen molar-refractivity contribution in [2.75, 3.05) is 24.5 Å². The Morgan fingerprint density at radius 3 is 2.35 bits per heavy atom. The molecule has 2 aliphatic rings. The molecular formula is C15H22N2. The zero-order valence-corrected chi connectivity index (χ0v) is 10.5. The fraction of sp³-hybridized carbons (Fsp3) is 0.600. The van der Waals surface area contributed by atoms with Crippen molar-refractivity contribution in [3.63, 3.8) is 0 Å². The lowest BCUT2D eigenvalue weighted by atomic mass is 9.97. The van der Waals surface area contributed by atoms with Crippen LogP contribution in [-0.4, -0.2) is 19.6 Å². The van der Waals surface area contributed by atoms with Gasteiger partial charge < -0.3 is 10.2 Å². The van der Waals surface area contributed by atoms with Crippen LogP contribution in [0.4, 0.5) is 5.69 Å². The number of hydrogen-bond donors (Lipinski definition) is 1. The van der Waals surface area contributed by atoms with Gasteiger partial charge in [-0.25, -0.2) is 0 Å². The molecule has 2 nitrogen and oxygen atoms in total. The number of piperidine rings is 1. The minimum absolute atomic E-state index is 0.594. The smallest absolute Gasteiger partial charge is 0.0366 e. The highest BCUT2D eigenvalue weighted by Crippen LogP contribution is 2.26. The molecule has 0 aliphatic carbocycles. The van der Waals surface area contributed by atoms with Gasteiger partial charge in [0.05, 0.1) is 0 Å². The van der Waals surface area contributed by atoms with Crippen molar-refractivity contribution in [2.24, 2.45) is 0 Å². The summed E-state index contributed by atoms with van der Waals surface area (Å²) < 4.78 is 0. The van der Waals surface area contributed by atoms with E-state index in [0.29, 0.717) is 6.04 Å². The fourth-order valence-corrected chi connectivity index (χ4v) is 3.03. The second kappa shape index (κ2) is 5.09. The summed E-state index contributed by atoms with van der Waals surface area (Å²) in [6.07, 6.45) is 6.70. The first-order valence-electron chi connectivity index (χ1n) is 7.02. The molecule has 2 heteroatoms. The molecule has 1 atom stereocenters. The lowest BCUT2D eigenvalue weighted by Crippen LogP contribution is -2.26. The highest BCUT2D eigenvalue weighted by atomic mass is 15.1. The van der Waals surface area contributed by atoms with E-state index in [4.69, 9.17) is 0 Å². The minimum atomic E-state index is 0.594. The molecule has 3 rings (SSSR count). The molecule has 1 aromatic carbocycles. The van der Waals surface area contributed by atoms with Crippen LogP contribution in [0.5, 0.6) is 0 Å². The van der Waals surface area contributed by atoms with Crippen LogP contribution in [-0.2, 0) is 0 Å². The van der Waals surface area contributed by atoms with Gasteiger partial charge in [-0.1, -0.05) is 18.6 Å². The van der Waals surface area contributed by atoms with E-state index < -0.39 is 0 Å². The van der Waals surface area contributed by atoms with Crippen molar-refractivity contribution < 1.29 is 0 Å². The molecular weight excluding hydrogens is 208 g/mol. The molecule has 0 saturated carbocycles. The summed E-state index contributed by atoms with van der Waals surface area (Å²) in [6, 6.07) is 9.83. The van der Waals surface area contributed by atoms with Crippen molar-refractivity contribution >= 4 is 5.69 Å². The number of nitrogens with one attached hydrogen (secondary N) is 1. The van der Waals surface area contributed by atoms with Crippen molar-refractivity contribution in [3.05, 3.63) is 29.8 Å². The normalized spacial score (nSPS) is 25.2. The highest BCUT2D eigenvalue weighted by Gasteiger charge is 2.16. The molecule has 2 fully saturated rings. The molecule has 2 aliphatic heterocycles. The van der Waals surface area contributed by atoms with Gasteiger partial charge in [0.15, 0.2) is 0 Å². The molecule has 2 heterocycles. The number of hydrogen-bond acceptors (Lipinski definition) is 2. The maximum Gasteiger partial charge on any atom is 0.0366 e. The first-order chi connectivity index (χ1) is 8.43. The summed E-state index contributed by atoms with van der Waals surface area (Å²) >= 11 is 0. The number of benzene rings is 1. The lowest BCUT2D eigenvalue weighted by molar-refractivity contribution is 0.412. The Labute approximate surface area is 104 Å². The first-order valence-corrected chi connectivity index (χ1v) is 7.02. The molecule has 1 N–H and O–H groups in total. The van der Waals surface area contributed by atoms with Gasteiger partial charge >= 0.3 is 0 Å². The van der Waals surface area contributed by atoms with Gasteiger partial charge in [-0.3, -0.25) is 0 Å². The van der Waals surface area contributed by atoms with Gasteiger partial charge in [-0.05, 0) is 49.9 Å². The molecule has 17 heavy (non-hydrogen) atoms. The predicted octanol–water partition coefficient (Wildman–Crippen LogP) is 3.10. The van der Waals surface area contributed by atoms with Gasteiger partial charge in [0.25, 0.3) is 0 Å². The number of anilines is 1. The third-order valence-electron chi connectivity index (χ3n) is 4.08. The molecule has 0 unspecified atom stereocenters. The Balaban J connectivity index is 1.70. The first kappa shape index (κ1) is 11.1. The summed E-state index contributed by atoms with van der Waals surface area (Å²) in [6.45, 7) is 3.65. The summed E-state index contributed by atoms with van der Waals surface area (Å²) in [5, 5.41) is 3.61. The van der Waals surface area contributed by atoms with E-state index >= 15 is 0 Å². The van der Waals surface area contributed by atoms with Crippen LogP contribution in [0.2, 0.25) is 0 Å². The van der Waals surface area contributed by atoms with Gasteiger partial charge in [0, 0.05) is 24.8 Å². The molecule has 1 aromatic rings. The maximum absolute atomic E-state index is 3.61. The molecule has 0 amide bonds. The quantitative estimate of drug-likeness (QED) is 0.840. The van der Waals surface area contributed by atoms with Crippen LogP contribution < -0.4 is 10.2 Å². The SMILES string of the molecule is c1cc(N2CCCC2)ccc1[C@@H]1CCCCN1. The van der Waals surface area contributed by atoms with Crippen LogP contribution in [0.25, 0.3) is 0 Å². The Bertz CT molecular complexity index is 346. The van der Waals surface area contributed by atoms with E-state index in [1.54, 1.807) is 0 Å². The predicted molar refractivity (Wildman–Crippen MR) is 72.5 cm³/mol. The van der Waals surface area contributed by atoms with Crippen LogP contribution in [0.15, 0.2) is 24.3 Å². The van der Waals surface area contributed by atoms with Gasteiger partial charge in [-0.15, -0.1) is 0 Å². The monoisotopic (exact) mass is 230 g/mol. The second-order valence-corrected chi connectivity index (χ2v) is 5.29. The summed E-state index contributed by atoms with van der Waals surface area (Å²) in [5.74, 6) is 0. The van der Waals surface area contributed by atoms with E-state index in [2.05, 4.69) is 34.5 Å². The topological polar surface area (TPSA) is 15.3 Å². The van der Waals surface area contributed by atoms with Crippen molar-refractivity contribution in [2.45, 2.75) is 38.1 Å². The maximum atomic E-state index is 3.61. The zero-order valence-electron chi connectivity index (χ0n) is 10.5. The van der Waals surface area contributed by atoms with Crippen molar-refractivity contribution in [1.82, 2.24) is 5.32 Å². The summed E-state index contributed by atoms with van der Waals surface area (Å²) in [7, 11) is 0. The fourth-order valence-electron chi connectivity index (χ4n) is 3.03. The second-order valence-electron chi connectivity index (χ2n) is 5.29. The molecule has 0 aromatic heterocycles. The average molecular weight is 230 g/mol. The Morgan fingerprint density at radius 2 is 1.71 bits per heavy atom. The van der Waals surface area contributed by atoms with E-state index in [-0.39, 0.29) is 0 Å². The van der Waals surface area contributed by atoms with Crippen LogP contribution in [0.1, 0.15) is 43.7 Å². The Morgan fingerprint density at radius 1 is 0.941 bits per heavy atom.